The Bertz CT molecular complexity index is 849. The van der Waals surface area contributed by atoms with E-state index in [1.807, 2.05) is 0 Å². The lowest BCUT2D eigenvalue weighted by Crippen LogP contribution is -2.76. The molecule has 0 heterocycles. The zero-order valence-electron chi connectivity index (χ0n) is 17.4. The van der Waals surface area contributed by atoms with Gasteiger partial charge in [-0.1, -0.05) is 18.7 Å². The van der Waals surface area contributed by atoms with Gasteiger partial charge in [-0.25, -0.2) is 0 Å². The molecule has 0 aliphatic rings. The summed E-state index contributed by atoms with van der Waals surface area (Å²) >= 11 is 0. The molecule has 0 saturated heterocycles. The van der Waals surface area contributed by atoms with Crippen LogP contribution in [0.25, 0.3) is 0 Å². The fourth-order valence-corrected chi connectivity index (χ4v) is 2.34. The van der Waals surface area contributed by atoms with E-state index in [2.05, 4.69) is 0 Å². The maximum Gasteiger partial charge on any atom is 0.385 e. The van der Waals surface area contributed by atoms with E-state index in [0.29, 0.717) is 6.08 Å². The van der Waals surface area contributed by atoms with Gasteiger partial charge in [0.2, 0.25) is 0 Å². The molecule has 0 atom stereocenters. The summed E-state index contributed by atoms with van der Waals surface area (Å²) < 4.78 is 270. The smallest absolute Gasteiger partial charge is 0.200 e. The van der Waals surface area contributed by atoms with Crippen LogP contribution in [0, 0.1) is 0 Å². The van der Waals surface area contributed by atoms with Gasteiger partial charge in [-0.05, 0) is 19.4 Å². The molecule has 0 fully saturated rings. The third kappa shape index (κ3) is 4.52. The second kappa shape index (κ2) is 9.37. The molecule has 0 bridgehead atoms. The van der Waals surface area contributed by atoms with Crippen molar-refractivity contribution in [2.45, 2.75) is 79.0 Å². The second-order valence-corrected chi connectivity index (χ2v) is 7.23. The van der Waals surface area contributed by atoms with Gasteiger partial charge in [-0.15, -0.1) is 0 Å². The summed E-state index contributed by atoms with van der Waals surface area (Å²) in [4.78, 5) is 0. The number of alkyl halides is 20. The van der Waals surface area contributed by atoms with Crippen molar-refractivity contribution in [2.75, 3.05) is 0 Å². The van der Waals surface area contributed by atoms with Crippen molar-refractivity contribution in [3.05, 3.63) is 24.8 Å². The van der Waals surface area contributed by atoms with Crippen LogP contribution in [0.5, 0.6) is 0 Å². The summed E-state index contributed by atoms with van der Waals surface area (Å²) in [7, 11) is 0. The molecule has 0 aromatic rings. The van der Waals surface area contributed by atoms with Gasteiger partial charge in [-0.3, -0.25) is 0 Å². The van der Waals surface area contributed by atoms with E-state index in [4.69, 9.17) is 0 Å². The van der Waals surface area contributed by atoms with E-state index in [1.165, 1.54) is 0 Å². The molecule has 20 heteroatoms. The topological polar surface area (TPSA) is 0 Å². The van der Waals surface area contributed by atoms with Gasteiger partial charge in [0.15, 0.2) is 0 Å². The normalized spacial score (nSPS) is 16.5. The summed E-state index contributed by atoms with van der Waals surface area (Å²) in [5, 5.41) is 0. The summed E-state index contributed by atoms with van der Waals surface area (Å²) in [6.07, 6.45) is -4.25. The van der Waals surface area contributed by atoms with E-state index < -0.39 is 78.1 Å². The molecule has 0 N–H and O–H groups in total. The van der Waals surface area contributed by atoms with Crippen LogP contribution in [0.3, 0.4) is 0 Å². The fraction of sp³-hybridized carbons (Fsp3) is 0.765. The van der Waals surface area contributed by atoms with Crippen molar-refractivity contribution in [3.63, 3.8) is 0 Å². The van der Waals surface area contributed by atoms with E-state index in [9.17, 15) is 87.8 Å². The molecule has 0 aliphatic heterocycles. The molecule has 0 spiro atoms. The highest BCUT2D eigenvalue weighted by molar-refractivity contribution is 5.19. The Hall–Kier alpha value is -1.92. The maximum atomic E-state index is 13.7. The van der Waals surface area contributed by atoms with Crippen LogP contribution < -0.4 is 0 Å². The first-order valence-electron chi connectivity index (χ1n) is 8.90. The first-order valence-corrected chi connectivity index (χ1v) is 8.90. The fourth-order valence-electron chi connectivity index (χ4n) is 2.34. The van der Waals surface area contributed by atoms with Gasteiger partial charge >= 0.3 is 59.2 Å². The van der Waals surface area contributed by atoms with Crippen molar-refractivity contribution in [1.29, 1.82) is 0 Å². The summed E-state index contributed by atoms with van der Waals surface area (Å²) in [5.74, 6) is -81.6. The minimum Gasteiger partial charge on any atom is -0.200 e. The van der Waals surface area contributed by atoms with Gasteiger partial charge < -0.3 is 0 Å². The van der Waals surface area contributed by atoms with Crippen molar-refractivity contribution < 1.29 is 87.8 Å². The highest BCUT2D eigenvalue weighted by atomic mass is 19.4. The molecule has 0 nitrogen and oxygen atoms in total. The molecule has 0 amide bonds. The van der Waals surface area contributed by atoms with Crippen molar-refractivity contribution >= 4 is 0 Å². The summed E-state index contributed by atoms with van der Waals surface area (Å²) in [6.45, 7) is 2.75. The van der Waals surface area contributed by atoms with Crippen molar-refractivity contribution in [1.82, 2.24) is 0 Å². The molecule has 0 aromatic heterocycles. The standard InChI is InChI=1S/C17H12F20/c1-3-5-6-7-9(20,21)11(24,25)13(28,29)15(32,33)17(36,37)16(34,35)14(30,31)12(26,27)10(22,23)8(18,19)4-2/h3-5H,2,6-7H2,1H3/b5-3+. The summed E-state index contributed by atoms with van der Waals surface area (Å²) in [5.41, 5.74) is 0. The number of halogens is 20. The monoisotopic (exact) mass is 596 g/mol. The Morgan fingerprint density at radius 2 is 0.730 bits per heavy atom. The van der Waals surface area contributed by atoms with Crippen molar-refractivity contribution in [3.8, 4) is 0 Å². The third-order valence-electron chi connectivity index (χ3n) is 4.76. The molecular formula is C17H12F20. The quantitative estimate of drug-likeness (QED) is 0.147. The zero-order chi connectivity index (χ0) is 30.5. The largest absolute Gasteiger partial charge is 0.385 e. The van der Waals surface area contributed by atoms with Gasteiger partial charge in [0, 0.05) is 6.42 Å². The van der Waals surface area contributed by atoms with Crippen LogP contribution >= 0.6 is 0 Å². The van der Waals surface area contributed by atoms with Crippen LogP contribution in [0.1, 0.15) is 19.8 Å². The first kappa shape index (κ1) is 35.1. The third-order valence-corrected chi connectivity index (χ3v) is 4.76. The lowest BCUT2D eigenvalue weighted by molar-refractivity contribution is -0.467. The Labute approximate surface area is 193 Å². The molecule has 0 aromatic carbocycles. The van der Waals surface area contributed by atoms with E-state index >= 15 is 0 Å². The molecule has 220 valence electrons. The molecule has 0 aliphatic carbocycles. The van der Waals surface area contributed by atoms with E-state index in [-0.39, 0.29) is 0 Å². The number of hydrogen-bond acceptors (Lipinski definition) is 0. The minimum absolute atomic E-state index is 0.505. The number of allylic oxidation sites excluding steroid dienone is 3. The Morgan fingerprint density at radius 3 is 1.00 bits per heavy atom. The Morgan fingerprint density at radius 1 is 0.459 bits per heavy atom. The highest BCUT2D eigenvalue weighted by Gasteiger charge is 2.97. The number of hydrogen-bond donors (Lipinski definition) is 0. The lowest BCUT2D eigenvalue weighted by Gasteiger charge is -2.45. The Kier molecular flexibility index (Phi) is 8.89. The maximum absolute atomic E-state index is 13.7. The molecule has 0 rings (SSSR count). The van der Waals surface area contributed by atoms with Crippen LogP contribution in [0.15, 0.2) is 24.8 Å². The highest BCUT2D eigenvalue weighted by Crippen LogP contribution is 2.66. The molecular weight excluding hydrogens is 584 g/mol. The van der Waals surface area contributed by atoms with Gasteiger partial charge in [0.05, 0.1) is 0 Å². The van der Waals surface area contributed by atoms with E-state index in [1.54, 1.807) is 6.58 Å². The number of rotatable bonds is 13. The zero-order valence-corrected chi connectivity index (χ0v) is 17.4. The molecule has 0 radical (unpaired) electrons. The van der Waals surface area contributed by atoms with Gasteiger partial charge in [0.25, 0.3) is 0 Å². The second-order valence-electron chi connectivity index (χ2n) is 7.23. The average Bonchev–Trinajstić information content (AvgIpc) is 2.72. The van der Waals surface area contributed by atoms with Crippen LogP contribution in [-0.2, 0) is 0 Å². The van der Waals surface area contributed by atoms with Crippen molar-refractivity contribution in [2.24, 2.45) is 0 Å². The Balaban J connectivity index is 7.00. The molecule has 37 heavy (non-hydrogen) atoms. The first-order chi connectivity index (χ1) is 15.9. The molecule has 0 saturated carbocycles. The summed E-state index contributed by atoms with van der Waals surface area (Å²) in [6, 6.07) is 0. The predicted molar refractivity (Wildman–Crippen MR) is 83.7 cm³/mol. The van der Waals surface area contributed by atoms with Crippen LogP contribution in [-0.4, -0.2) is 59.2 Å². The lowest BCUT2D eigenvalue weighted by atomic mass is 9.85. The molecule has 0 unspecified atom stereocenters. The van der Waals surface area contributed by atoms with Crippen LogP contribution in [0.4, 0.5) is 87.8 Å². The average molecular weight is 596 g/mol. The van der Waals surface area contributed by atoms with Gasteiger partial charge in [0.1, 0.15) is 0 Å². The minimum atomic E-state index is -9.01. The SMILES string of the molecule is C=CC(F)(F)C(F)(F)C(F)(F)C(F)(F)C(F)(F)C(F)(F)C(F)(F)C(F)(F)C(F)(F)C(F)(F)CC/C=C/C. The predicted octanol–water partition coefficient (Wildman–Crippen LogP) is 8.88. The van der Waals surface area contributed by atoms with E-state index in [0.717, 1.165) is 13.0 Å². The van der Waals surface area contributed by atoms with Gasteiger partial charge in [-0.2, -0.15) is 87.8 Å². The van der Waals surface area contributed by atoms with Crippen LogP contribution in [0.2, 0.25) is 0 Å².